The van der Waals surface area contributed by atoms with Crippen molar-refractivity contribution in [2.24, 2.45) is 0 Å². The van der Waals surface area contributed by atoms with E-state index < -0.39 is 12.1 Å². The third kappa shape index (κ3) is 5.03. The van der Waals surface area contributed by atoms with Crippen molar-refractivity contribution in [2.45, 2.75) is 44.7 Å². The summed E-state index contributed by atoms with van der Waals surface area (Å²) in [5, 5.41) is 12.8. The van der Waals surface area contributed by atoms with Crippen molar-refractivity contribution >= 4 is 17.6 Å². The normalized spacial score (nSPS) is 14.7. The van der Waals surface area contributed by atoms with E-state index in [0.717, 1.165) is 25.7 Å². The van der Waals surface area contributed by atoms with E-state index in [1.54, 1.807) is 49.6 Å². The van der Waals surface area contributed by atoms with Crippen LogP contribution in [0, 0.1) is 0 Å². The molecule has 1 aliphatic carbocycles. The second-order valence-electron chi connectivity index (χ2n) is 7.43. The minimum Gasteiger partial charge on any atom is -0.349 e. The van der Waals surface area contributed by atoms with Crippen LogP contribution in [0.15, 0.2) is 49.1 Å². The Kier molecular flexibility index (Phi) is 6.16. The van der Waals surface area contributed by atoms with Crippen LogP contribution in [0.1, 0.15) is 54.8 Å². The Bertz CT molecular complexity index is 1030. The van der Waals surface area contributed by atoms with Crippen molar-refractivity contribution in [1.82, 2.24) is 35.4 Å². The monoisotopic (exact) mass is 420 g/mol. The molecule has 10 nitrogen and oxygen atoms in total. The zero-order valence-corrected chi connectivity index (χ0v) is 17.2. The number of urea groups is 1. The van der Waals surface area contributed by atoms with E-state index in [4.69, 9.17) is 0 Å². The fraction of sp³-hybridized carbons (Fsp3) is 0.333. The number of benzene rings is 1. The molecule has 160 valence electrons. The Morgan fingerprint density at radius 1 is 1.06 bits per heavy atom. The minimum absolute atomic E-state index is 0.0843. The van der Waals surface area contributed by atoms with Gasteiger partial charge < -0.3 is 16.0 Å². The average Bonchev–Trinajstić information content (AvgIpc) is 3.47. The largest absolute Gasteiger partial charge is 0.349 e. The van der Waals surface area contributed by atoms with E-state index >= 15 is 0 Å². The third-order valence-electron chi connectivity index (χ3n) is 5.15. The molecule has 3 aromatic rings. The SMILES string of the molecule is CC(NC(=O)Nc1ccc(C(=O)NC2CCCC2)cc1)c1ncnn1-c1ncccn1. The molecule has 0 radical (unpaired) electrons. The summed E-state index contributed by atoms with van der Waals surface area (Å²) in [5.41, 5.74) is 1.15. The van der Waals surface area contributed by atoms with E-state index in [9.17, 15) is 9.59 Å². The van der Waals surface area contributed by atoms with Crippen molar-refractivity contribution in [2.75, 3.05) is 5.32 Å². The lowest BCUT2D eigenvalue weighted by molar-refractivity contribution is 0.0938. The summed E-state index contributed by atoms with van der Waals surface area (Å²) in [6.45, 7) is 1.79. The number of nitrogens with zero attached hydrogens (tertiary/aromatic N) is 5. The first-order chi connectivity index (χ1) is 15.1. The highest BCUT2D eigenvalue weighted by Crippen LogP contribution is 2.19. The Morgan fingerprint density at radius 3 is 2.48 bits per heavy atom. The van der Waals surface area contributed by atoms with Crippen LogP contribution in [0.4, 0.5) is 10.5 Å². The lowest BCUT2D eigenvalue weighted by Gasteiger charge is -2.15. The van der Waals surface area contributed by atoms with Gasteiger partial charge in [0.15, 0.2) is 5.82 Å². The molecule has 2 aromatic heterocycles. The molecule has 3 N–H and O–H groups in total. The number of rotatable bonds is 6. The number of carbonyl (C=O) groups excluding carboxylic acids is 2. The van der Waals surface area contributed by atoms with Gasteiger partial charge in [-0.05, 0) is 50.1 Å². The highest BCUT2D eigenvalue weighted by atomic mass is 16.2. The van der Waals surface area contributed by atoms with Crippen LogP contribution in [0.3, 0.4) is 0 Å². The Balaban J connectivity index is 1.34. The van der Waals surface area contributed by atoms with E-state index in [1.165, 1.54) is 11.0 Å². The molecule has 0 bridgehead atoms. The van der Waals surface area contributed by atoms with E-state index in [0.29, 0.717) is 23.0 Å². The van der Waals surface area contributed by atoms with Gasteiger partial charge in [-0.25, -0.2) is 19.7 Å². The van der Waals surface area contributed by atoms with Gasteiger partial charge in [-0.3, -0.25) is 4.79 Å². The Morgan fingerprint density at radius 2 is 1.77 bits per heavy atom. The second kappa shape index (κ2) is 9.33. The third-order valence-corrected chi connectivity index (χ3v) is 5.15. The number of aromatic nitrogens is 5. The van der Waals surface area contributed by atoms with E-state index in [2.05, 4.69) is 36.0 Å². The maximum Gasteiger partial charge on any atom is 0.319 e. The lowest BCUT2D eigenvalue weighted by Crippen LogP contribution is -2.33. The molecule has 0 spiro atoms. The van der Waals surface area contributed by atoms with E-state index in [-0.39, 0.29) is 11.9 Å². The number of nitrogens with one attached hydrogen (secondary N) is 3. The van der Waals surface area contributed by atoms with Crippen LogP contribution in [0.5, 0.6) is 0 Å². The van der Waals surface area contributed by atoms with Crippen LogP contribution < -0.4 is 16.0 Å². The fourth-order valence-electron chi connectivity index (χ4n) is 3.57. The van der Waals surface area contributed by atoms with Gasteiger partial charge in [-0.15, -0.1) is 0 Å². The van der Waals surface area contributed by atoms with Gasteiger partial charge in [0.25, 0.3) is 11.9 Å². The summed E-state index contributed by atoms with van der Waals surface area (Å²) >= 11 is 0. The van der Waals surface area contributed by atoms with Crippen LogP contribution in [-0.4, -0.2) is 42.7 Å². The predicted octanol–water partition coefficient (Wildman–Crippen LogP) is 2.61. The molecule has 3 amide bonds. The smallest absolute Gasteiger partial charge is 0.319 e. The maximum absolute atomic E-state index is 12.4. The quantitative estimate of drug-likeness (QED) is 0.563. The predicted molar refractivity (Wildman–Crippen MR) is 114 cm³/mol. The second-order valence-corrected chi connectivity index (χ2v) is 7.43. The summed E-state index contributed by atoms with van der Waals surface area (Å²) in [6.07, 6.45) is 9.00. The van der Waals surface area contributed by atoms with Crippen LogP contribution in [0.2, 0.25) is 0 Å². The molecule has 1 saturated carbocycles. The van der Waals surface area contributed by atoms with Crippen LogP contribution in [0.25, 0.3) is 5.95 Å². The van der Waals surface area contributed by atoms with Crippen molar-refractivity contribution in [3.05, 3.63) is 60.4 Å². The molecule has 2 heterocycles. The molecule has 0 aliphatic heterocycles. The molecule has 1 aromatic carbocycles. The first-order valence-corrected chi connectivity index (χ1v) is 10.3. The van der Waals surface area contributed by atoms with Gasteiger partial charge in [0, 0.05) is 29.7 Å². The summed E-state index contributed by atoms with van der Waals surface area (Å²) in [5.74, 6) is 0.787. The number of anilines is 1. The molecule has 0 saturated heterocycles. The molecule has 1 fully saturated rings. The van der Waals surface area contributed by atoms with Gasteiger partial charge in [-0.1, -0.05) is 12.8 Å². The molecule has 1 atom stereocenters. The highest BCUT2D eigenvalue weighted by Gasteiger charge is 2.19. The Labute approximate surface area is 179 Å². The van der Waals surface area contributed by atoms with Gasteiger partial charge in [-0.2, -0.15) is 9.78 Å². The number of hydrogen-bond donors (Lipinski definition) is 3. The number of hydrogen-bond acceptors (Lipinski definition) is 6. The van der Waals surface area contributed by atoms with Crippen molar-refractivity contribution < 1.29 is 9.59 Å². The molecule has 10 heteroatoms. The first-order valence-electron chi connectivity index (χ1n) is 10.3. The molecule has 31 heavy (non-hydrogen) atoms. The zero-order valence-electron chi connectivity index (χ0n) is 17.2. The molecular weight excluding hydrogens is 396 g/mol. The topological polar surface area (TPSA) is 127 Å². The van der Waals surface area contributed by atoms with Crippen molar-refractivity contribution in [1.29, 1.82) is 0 Å². The Hall–Kier alpha value is -3.82. The first kappa shape index (κ1) is 20.5. The number of amides is 3. The van der Waals surface area contributed by atoms with Crippen LogP contribution >= 0.6 is 0 Å². The highest BCUT2D eigenvalue weighted by molar-refractivity contribution is 5.95. The summed E-state index contributed by atoms with van der Waals surface area (Å²) in [6, 6.07) is 7.93. The summed E-state index contributed by atoms with van der Waals surface area (Å²) in [7, 11) is 0. The number of carbonyl (C=O) groups is 2. The summed E-state index contributed by atoms with van der Waals surface area (Å²) < 4.78 is 1.47. The molecule has 1 aliphatic rings. The van der Waals surface area contributed by atoms with Gasteiger partial charge >= 0.3 is 6.03 Å². The molecule has 4 rings (SSSR count). The fourth-order valence-corrected chi connectivity index (χ4v) is 3.57. The lowest BCUT2D eigenvalue weighted by atomic mass is 10.1. The van der Waals surface area contributed by atoms with Crippen LogP contribution in [-0.2, 0) is 0 Å². The van der Waals surface area contributed by atoms with Gasteiger partial charge in [0.05, 0.1) is 6.04 Å². The van der Waals surface area contributed by atoms with Gasteiger partial charge in [0.2, 0.25) is 0 Å². The molecular formula is C21H24N8O2. The van der Waals surface area contributed by atoms with Gasteiger partial charge in [0.1, 0.15) is 6.33 Å². The minimum atomic E-state index is -0.442. The summed E-state index contributed by atoms with van der Waals surface area (Å²) in [4.78, 5) is 37.3. The van der Waals surface area contributed by atoms with Crippen molar-refractivity contribution in [3.8, 4) is 5.95 Å². The van der Waals surface area contributed by atoms with Crippen molar-refractivity contribution in [3.63, 3.8) is 0 Å². The zero-order chi connectivity index (χ0) is 21.6. The maximum atomic E-state index is 12.4. The standard InChI is InChI=1S/C21H24N8O2/c1-14(18-24-13-25-29(18)20-22-11-4-12-23-20)26-21(31)28-17-9-7-15(8-10-17)19(30)27-16-5-2-3-6-16/h4,7-14,16H,2-3,5-6H2,1H3,(H,27,30)(H2,26,28,31). The average molecular weight is 420 g/mol. The van der Waals surface area contributed by atoms with E-state index in [1.807, 2.05) is 0 Å². The molecule has 1 unspecified atom stereocenters.